The number of thiocarbonyl (C=S) groups is 1. The lowest BCUT2D eigenvalue weighted by atomic mass is 9.97. The van der Waals surface area contributed by atoms with Crippen LogP contribution in [0, 0.1) is 0 Å². The highest BCUT2D eigenvalue weighted by Gasteiger charge is 2.29. The molecule has 1 aromatic carbocycles. The second-order valence-electron chi connectivity index (χ2n) is 7.79. The molecule has 26 heavy (non-hydrogen) atoms. The van der Waals surface area contributed by atoms with Crippen molar-refractivity contribution < 1.29 is 18.6 Å². The molecule has 8 heteroatoms. The van der Waals surface area contributed by atoms with Gasteiger partial charge in [-0.25, -0.2) is 4.98 Å². The number of hydrogen-bond donors (Lipinski definition) is 2. The van der Waals surface area contributed by atoms with E-state index in [4.69, 9.17) is 26.2 Å². The molecule has 1 fully saturated rings. The Morgan fingerprint density at radius 1 is 1.31 bits per heavy atom. The van der Waals surface area contributed by atoms with Crippen molar-refractivity contribution in [2.24, 2.45) is 0 Å². The number of quaternary nitrogens is 1. The smallest absolute Gasteiger partial charge is 0.326 e. The van der Waals surface area contributed by atoms with Crippen molar-refractivity contribution >= 4 is 34.2 Å². The number of methoxy groups -OCH3 is 1. The van der Waals surface area contributed by atoms with E-state index in [1.807, 2.05) is 19.2 Å². The van der Waals surface area contributed by atoms with E-state index in [2.05, 4.69) is 36.4 Å². The number of aromatic nitrogens is 1. The van der Waals surface area contributed by atoms with Gasteiger partial charge in [-0.2, -0.15) is 0 Å². The number of hydrogen-bond acceptors (Lipinski definition) is 6. The third-order valence-electron chi connectivity index (χ3n) is 4.41. The van der Waals surface area contributed by atoms with Gasteiger partial charge in [0.2, 0.25) is 5.89 Å². The average Bonchev–Trinajstić information content (AvgIpc) is 2.97. The van der Waals surface area contributed by atoms with Crippen molar-refractivity contribution in [1.29, 1.82) is 0 Å². The molecule has 1 aliphatic heterocycles. The van der Waals surface area contributed by atoms with Crippen molar-refractivity contribution in [1.82, 2.24) is 10.3 Å². The first-order valence-corrected chi connectivity index (χ1v) is 9.16. The van der Waals surface area contributed by atoms with E-state index in [9.17, 15) is 0 Å². The minimum Gasteiger partial charge on any atom is -0.494 e. The van der Waals surface area contributed by atoms with Crippen molar-refractivity contribution in [3.8, 4) is 5.75 Å². The lowest BCUT2D eigenvalue weighted by Gasteiger charge is -2.34. The molecule has 1 aromatic heterocycles. The molecule has 0 radical (unpaired) electrons. The van der Waals surface area contributed by atoms with E-state index < -0.39 is 0 Å². The van der Waals surface area contributed by atoms with Gasteiger partial charge in [0.1, 0.15) is 31.4 Å². The van der Waals surface area contributed by atoms with Crippen LogP contribution in [0.25, 0.3) is 11.1 Å². The molecule has 1 saturated heterocycles. The van der Waals surface area contributed by atoms with Gasteiger partial charge in [-0.15, -0.1) is 4.65 Å². The minimum atomic E-state index is -0.167. The Hall–Kier alpha value is -1.90. The highest BCUT2D eigenvalue weighted by Crippen LogP contribution is 2.33. The molecule has 0 atom stereocenters. The lowest BCUT2D eigenvalue weighted by molar-refractivity contribution is -1.07. The maximum Gasteiger partial charge on any atom is 0.326 e. The normalized spacial score (nSPS) is 17.1. The number of fused-ring (bicyclic) bond motifs is 1. The van der Waals surface area contributed by atoms with Gasteiger partial charge in [0.15, 0.2) is 5.58 Å². The first-order valence-electron chi connectivity index (χ1n) is 8.75. The molecule has 1 aliphatic rings. The lowest BCUT2D eigenvalue weighted by Crippen LogP contribution is -2.57. The summed E-state index contributed by atoms with van der Waals surface area (Å²) in [5.41, 5.74) is 1.97. The SMILES string of the molecule is COc1cc2nc(C(C)(C)C)oc2cc1NC(=S)O[N+]1(C)CCNCC1. The van der Waals surface area contributed by atoms with Crippen LogP contribution in [0.2, 0.25) is 0 Å². The Kier molecular flexibility index (Phi) is 5.09. The predicted octanol–water partition coefficient (Wildman–Crippen LogP) is 2.81. The standard InChI is InChI=1S/C18H26N4O3S/c1-18(2,3)16-20-13-10-14(23-5)12(11-15(13)24-16)21-17(26)25-22(4)8-6-19-7-9-22/h10-11,19H,6-9H2,1-5H3/p+1. The molecule has 0 spiro atoms. The molecule has 2 N–H and O–H groups in total. The molecular weight excluding hydrogens is 352 g/mol. The third kappa shape index (κ3) is 4.08. The number of piperazine rings is 1. The van der Waals surface area contributed by atoms with Crippen LogP contribution in [0.5, 0.6) is 5.75 Å². The molecule has 2 aromatic rings. The van der Waals surface area contributed by atoms with Gasteiger partial charge >= 0.3 is 5.17 Å². The van der Waals surface area contributed by atoms with Crippen LogP contribution in [-0.4, -0.2) is 55.1 Å². The largest absolute Gasteiger partial charge is 0.494 e. The number of nitrogens with zero attached hydrogens (tertiary/aromatic N) is 2. The summed E-state index contributed by atoms with van der Waals surface area (Å²) in [6.45, 7) is 9.71. The van der Waals surface area contributed by atoms with E-state index in [0.717, 1.165) is 31.7 Å². The number of oxazole rings is 1. The first kappa shape index (κ1) is 18.9. The number of anilines is 1. The van der Waals surface area contributed by atoms with Gasteiger partial charge in [-0.1, -0.05) is 20.8 Å². The van der Waals surface area contributed by atoms with Crippen LogP contribution >= 0.6 is 12.2 Å². The molecule has 2 heterocycles. The quantitative estimate of drug-likeness (QED) is 0.628. The summed E-state index contributed by atoms with van der Waals surface area (Å²) in [5, 5.41) is 6.76. The summed E-state index contributed by atoms with van der Waals surface area (Å²) >= 11 is 5.41. The second kappa shape index (κ2) is 7.02. The highest BCUT2D eigenvalue weighted by molar-refractivity contribution is 7.80. The fourth-order valence-corrected chi connectivity index (χ4v) is 3.12. The van der Waals surface area contributed by atoms with Gasteiger partial charge in [0.25, 0.3) is 0 Å². The Labute approximate surface area is 159 Å². The average molecular weight is 380 g/mol. The number of likely N-dealkylation sites (N-methyl/N-ethyl adjacent to an activating group) is 1. The highest BCUT2D eigenvalue weighted by atomic mass is 32.1. The summed E-state index contributed by atoms with van der Waals surface area (Å²) in [6, 6.07) is 3.70. The summed E-state index contributed by atoms with van der Waals surface area (Å²) in [7, 11) is 3.65. The van der Waals surface area contributed by atoms with E-state index in [-0.39, 0.29) is 5.41 Å². The molecule has 7 nitrogen and oxygen atoms in total. The van der Waals surface area contributed by atoms with Crippen LogP contribution < -0.4 is 15.4 Å². The number of ether oxygens (including phenoxy) is 1. The molecular formula is C18H27N4O3S+. The number of rotatable bonds is 3. The van der Waals surface area contributed by atoms with Crippen molar-refractivity contribution in [3.05, 3.63) is 18.0 Å². The van der Waals surface area contributed by atoms with Gasteiger partial charge in [-0.3, -0.25) is 4.84 Å². The molecule has 142 valence electrons. The fraction of sp³-hybridized carbons (Fsp3) is 0.556. The van der Waals surface area contributed by atoms with Crippen molar-refractivity contribution in [3.63, 3.8) is 0 Å². The molecule has 0 saturated carbocycles. The van der Waals surface area contributed by atoms with Crippen molar-refractivity contribution in [2.45, 2.75) is 26.2 Å². The van der Waals surface area contributed by atoms with Crippen LogP contribution in [0.1, 0.15) is 26.7 Å². The summed E-state index contributed by atoms with van der Waals surface area (Å²) in [6.07, 6.45) is 0. The predicted molar refractivity (Wildman–Crippen MR) is 105 cm³/mol. The maximum atomic E-state index is 5.97. The summed E-state index contributed by atoms with van der Waals surface area (Å²) in [4.78, 5) is 10.5. The number of benzene rings is 1. The Morgan fingerprint density at radius 3 is 2.62 bits per heavy atom. The first-order chi connectivity index (χ1) is 12.2. The topological polar surface area (TPSA) is 68.6 Å². The van der Waals surface area contributed by atoms with Gasteiger partial charge < -0.3 is 19.8 Å². The zero-order chi connectivity index (χ0) is 18.9. The van der Waals surface area contributed by atoms with Crippen LogP contribution in [0.3, 0.4) is 0 Å². The van der Waals surface area contributed by atoms with E-state index in [1.165, 1.54) is 0 Å². The van der Waals surface area contributed by atoms with Crippen LogP contribution in [0.4, 0.5) is 5.69 Å². The maximum absolute atomic E-state index is 5.97. The Morgan fingerprint density at radius 2 is 2.00 bits per heavy atom. The van der Waals surface area contributed by atoms with Crippen LogP contribution in [0.15, 0.2) is 16.5 Å². The number of nitrogens with one attached hydrogen (secondary N) is 2. The second-order valence-corrected chi connectivity index (χ2v) is 8.16. The molecule has 0 aliphatic carbocycles. The molecule has 0 bridgehead atoms. The van der Waals surface area contributed by atoms with E-state index in [0.29, 0.717) is 32.7 Å². The molecule has 0 unspecified atom stereocenters. The molecule has 0 amide bonds. The zero-order valence-corrected chi connectivity index (χ0v) is 16.8. The summed E-state index contributed by atoms with van der Waals surface area (Å²) in [5.74, 6) is 1.32. The van der Waals surface area contributed by atoms with Gasteiger partial charge in [0.05, 0.1) is 12.8 Å². The van der Waals surface area contributed by atoms with Gasteiger partial charge in [-0.05, 0) is 12.2 Å². The Balaban J connectivity index is 1.83. The third-order valence-corrected chi connectivity index (χ3v) is 4.59. The molecule has 3 rings (SSSR count). The van der Waals surface area contributed by atoms with Crippen LogP contribution in [-0.2, 0) is 10.3 Å². The fourth-order valence-electron chi connectivity index (χ4n) is 2.83. The minimum absolute atomic E-state index is 0.167. The number of hydroxylamine groups is 3. The van der Waals surface area contributed by atoms with E-state index in [1.54, 1.807) is 7.11 Å². The Bertz CT molecular complexity index is 807. The zero-order valence-electron chi connectivity index (χ0n) is 16.0. The van der Waals surface area contributed by atoms with Crippen molar-refractivity contribution in [2.75, 3.05) is 45.7 Å². The van der Waals surface area contributed by atoms with E-state index >= 15 is 0 Å². The van der Waals surface area contributed by atoms with Gasteiger partial charge in [0, 0.05) is 30.6 Å². The summed E-state index contributed by atoms with van der Waals surface area (Å²) < 4.78 is 11.9. The monoisotopic (exact) mass is 379 g/mol.